The molecule has 3 rings (SSSR count). The average Bonchev–Trinajstić information content (AvgIpc) is 2.79. The Morgan fingerprint density at radius 3 is 3.05 bits per heavy atom. The van der Waals surface area contributed by atoms with Crippen molar-refractivity contribution in [3.05, 3.63) is 51.5 Å². The predicted octanol–water partition coefficient (Wildman–Crippen LogP) is 3.34. The lowest BCUT2D eigenvalue weighted by Crippen LogP contribution is -2.26. The molecule has 4 heteroatoms. The summed E-state index contributed by atoms with van der Waals surface area (Å²) >= 11 is 1.74. The Balaban J connectivity index is 1.80. The van der Waals surface area contributed by atoms with Gasteiger partial charge in [0.15, 0.2) is 0 Å². The van der Waals surface area contributed by atoms with Gasteiger partial charge >= 0.3 is 0 Å². The van der Waals surface area contributed by atoms with E-state index in [0.717, 1.165) is 25.2 Å². The number of nitrogens with zero attached hydrogens (tertiary/aromatic N) is 1. The van der Waals surface area contributed by atoms with Crippen LogP contribution < -0.4 is 10.6 Å². The zero-order valence-corrected chi connectivity index (χ0v) is 12.8. The topological polar surface area (TPSA) is 37.0 Å². The van der Waals surface area contributed by atoms with Crippen LogP contribution in [-0.4, -0.2) is 11.5 Å². The van der Waals surface area contributed by atoms with Crippen LogP contribution in [0.15, 0.2) is 29.6 Å². The van der Waals surface area contributed by atoms with E-state index in [1.807, 2.05) is 0 Å². The van der Waals surface area contributed by atoms with Crippen LogP contribution >= 0.6 is 11.3 Å². The molecule has 2 unspecified atom stereocenters. The van der Waals surface area contributed by atoms with E-state index in [0.29, 0.717) is 12.1 Å². The van der Waals surface area contributed by atoms with Gasteiger partial charge in [-0.05, 0) is 37.9 Å². The molecule has 0 fully saturated rings. The lowest BCUT2D eigenvalue weighted by Gasteiger charge is -2.22. The number of aryl methyl sites for hydroxylation is 1. The van der Waals surface area contributed by atoms with Crippen molar-refractivity contribution >= 4 is 11.3 Å². The van der Waals surface area contributed by atoms with E-state index in [4.69, 9.17) is 0 Å². The maximum atomic E-state index is 4.60. The van der Waals surface area contributed by atoms with E-state index < -0.39 is 0 Å². The molecule has 0 radical (unpaired) electrons. The molecule has 1 aromatic heterocycles. The van der Waals surface area contributed by atoms with Crippen molar-refractivity contribution in [2.24, 2.45) is 0 Å². The molecule has 1 aliphatic rings. The van der Waals surface area contributed by atoms with Crippen molar-refractivity contribution in [1.29, 1.82) is 0 Å². The number of hydrogen-bond acceptors (Lipinski definition) is 4. The van der Waals surface area contributed by atoms with Crippen molar-refractivity contribution in [2.75, 3.05) is 6.54 Å². The average molecular weight is 287 g/mol. The summed E-state index contributed by atoms with van der Waals surface area (Å²) in [5.41, 5.74) is 3.95. The molecule has 0 spiro atoms. The van der Waals surface area contributed by atoms with Crippen molar-refractivity contribution in [1.82, 2.24) is 15.6 Å². The maximum absolute atomic E-state index is 4.60. The molecule has 0 saturated carbocycles. The molecule has 3 nitrogen and oxygen atoms in total. The number of fused-ring (bicyclic) bond motifs is 1. The summed E-state index contributed by atoms with van der Waals surface area (Å²) in [6.45, 7) is 6.28. The smallest absolute Gasteiger partial charge is 0.110 e. The third-order valence-electron chi connectivity index (χ3n) is 3.81. The molecular weight excluding hydrogens is 266 g/mol. The number of aromatic nitrogens is 1. The standard InChI is InChI=1S/C16H21N3S/c1-11-10-20-16(18-11)12(2)19-15-7-8-17-9-13-5-3-4-6-14(13)15/h3-6,10,12,15,17,19H,7-9H2,1-2H3. The molecule has 0 aliphatic carbocycles. The van der Waals surface area contributed by atoms with Crippen LogP contribution in [0.25, 0.3) is 0 Å². The maximum Gasteiger partial charge on any atom is 0.110 e. The first-order valence-electron chi connectivity index (χ1n) is 7.20. The quantitative estimate of drug-likeness (QED) is 0.909. The summed E-state index contributed by atoms with van der Waals surface area (Å²) in [4.78, 5) is 4.60. The van der Waals surface area contributed by atoms with Gasteiger partial charge in [0, 0.05) is 23.7 Å². The summed E-state index contributed by atoms with van der Waals surface area (Å²) in [6.07, 6.45) is 1.12. The van der Waals surface area contributed by atoms with Gasteiger partial charge in [0.25, 0.3) is 0 Å². The fourth-order valence-electron chi connectivity index (χ4n) is 2.78. The molecule has 2 N–H and O–H groups in total. The number of hydrogen-bond donors (Lipinski definition) is 2. The SMILES string of the molecule is Cc1csc(C(C)NC2CCNCc3ccccc32)n1. The van der Waals surface area contributed by atoms with Gasteiger partial charge in [-0.25, -0.2) is 4.98 Å². The minimum absolute atomic E-state index is 0.296. The molecule has 2 heterocycles. The molecule has 1 aliphatic heterocycles. The van der Waals surface area contributed by atoms with Crippen LogP contribution in [-0.2, 0) is 6.54 Å². The first-order valence-corrected chi connectivity index (χ1v) is 8.08. The molecule has 2 atom stereocenters. The first-order chi connectivity index (χ1) is 9.74. The molecule has 2 aromatic rings. The van der Waals surface area contributed by atoms with Crippen LogP contribution in [0.3, 0.4) is 0 Å². The Morgan fingerprint density at radius 1 is 1.40 bits per heavy atom. The monoisotopic (exact) mass is 287 g/mol. The van der Waals surface area contributed by atoms with Gasteiger partial charge in [0.05, 0.1) is 6.04 Å². The van der Waals surface area contributed by atoms with Crippen LogP contribution in [0, 0.1) is 6.92 Å². The number of benzene rings is 1. The summed E-state index contributed by atoms with van der Waals surface area (Å²) in [7, 11) is 0. The van der Waals surface area contributed by atoms with Crippen LogP contribution in [0.5, 0.6) is 0 Å². The molecule has 0 amide bonds. The van der Waals surface area contributed by atoms with E-state index in [1.54, 1.807) is 11.3 Å². The second kappa shape index (κ2) is 6.04. The van der Waals surface area contributed by atoms with Crippen molar-refractivity contribution < 1.29 is 0 Å². The van der Waals surface area contributed by atoms with Crippen molar-refractivity contribution in [3.63, 3.8) is 0 Å². The van der Waals surface area contributed by atoms with E-state index in [9.17, 15) is 0 Å². The third-order valence-corrected chi connectivity index (χ3v) is 4.96. The Kier molecular flexibility index (Phi) is 4.15. The Bertz CT molecular complexity index is 579. The van der Waals surface area contributed by atoms with Gasteiger partial charge in [-0.2, -0.15) is 0 Å². The Morgan fingerprint density at radius 2 is 2.25 bits per heavy atom. The lowest BCUT2D eigenvalue weighted by atomic mass is 9.99. The molecule has 0 bridgehead atoms. The Hall–Kier alpha value is -1.23. The van der Waals surface area contributed by atoms with Gasteiger partial charge in [-0.3, -0.25) is 0 Å². The summed E-state index contributed by atoms with van der Waals surface area (Å²) in [5, 5.41) is 10.5. The largest absolute Gasteiger partial charge is 0.313 e. The molecule has 20 heavy (non-hydrogen) atoms. The van der Waals surface area contributed by atoms with Gasteiger partial charge in [0.1, 0.15) is 5.01 Å². The fourth-order valence-corrected chi connectivity index (χ4v) is 3.59. The number of nitrogens with one attached hydrogen (secondary N) is 2. The Labute approximate surface area is 124 Å². The van der Waals surface area contributed by atoms with Gasteiger partial charge in [0.2, 0.25) is 0 Å². The number of thiazole rings is 1. The highest BCUT2D eigenvalue weighted by Crippen LogP contribution is 2.27. The molecule has 1 aromatic carbocycles. The first kappa shape index (κ1) is 13.7. The summed E-state index contributed by atoms with van der Waals surface area (Å²) in [5.74, 6) is 0. The number of rotatable bonds is 3. The zero-order valence-electron chi connectivity index (χ0n) is 12.0. The van der Waals surface area contributed by atoms with E-state index in [2.05, 4.69) is 59.1 Å². The fraction of sp³-hybridized carbons (Fsp3) is 0.438. The minimum Gasteiger partial charge on any atom is -0.313 e. The normalized spacial score (nSPS) is 20.2. The highest BCUT2D eigenvalue weighted by atomic mass is 32.1. The predicted molar refractivity (Wildman–Crippen MR) is 83.9 cm³/mol. The van der Waals surface area contributed by atoms with Gasteiger partial charge in [-0.1, -0.05) is 24.3 Å². The minimum atomic E-state index is 0.296. The molecule has 106 valence electrons. The third kappa shape index (κ3) is 2.92. The van der Waals surface area contributed by atoms with Crippen molar-refractivity contribution in [2.45, 2.75) is 38.9 Å². The van der Waals surface area contributed by atoms with Crippen LogP contribution in [0.1, 0.15) is 47.3 Å². The van der Waals surface area contributed by atoms with Crippen LogP contribution in [0.4, 0.5) is 0 Å². The van der Waals surface area contributed by atoms with E-state index in [-0.39, 0.29) is 0 Å². The van der Waals surface area contributed by atoms with Gasteiger partial charge in [-0.15, -0.1) is 11.3 Å². The lowest BCUT2D eigenvalue weighted by molar-refractivity contribution is 0.442. The summed E-state index contributed by atoms with van der Waals surface area (Å²) in [6, 6.07) is 9.43. The van der Waals surface area contributed by atoms with Crippen molar-refractivity contribution in [3.8, 4) is 0 Å². The van der Waals surface area contributed by atoms with Crippen LogP contribution in [0.2, 0.25) is 0 Å². The second-order valence-corrected chi connectivity index (χ2v) is 6.32. The zero-order chi connectivity index (χ0) is 13.9. The second-order valence-electron chi connectivity index (χ2n) is 5.43. The van der Waals surface area contributed by atoms with E-state index >= 15 is 0 Å². The molecule has 0 saturated heterocycles. The van der Waals surface area contributed by atoms with E-state index in [1.165, 1.54) is 16.1 Å². The highest BCUT2D eigenvalue weighted by molar-refractivity contribution is 7.09. The van der Waals surface area contributed by atoms with Gasteiger partial charge < -0.3 is 10.6 Å². The molecular formula is C16H21N3S. The highest BCUT2D eigenvalue weighted by Gasteiger charge is 2.21. The summed E-state index contributed by atoms with van der Waals surface area (Å²) < 4.78 is 0.